The minimum atomic E-state index is 0.0774. The van der Waals surface area contributed by atoms with Crippen LogP contribution in [0.2, 0.25) is 0 Å². The van der Waals surface area contributed by atoms with Crippen molar-refractivity contribution in [1.29, 1.82) is 0 Å². The van der Waals surface area contributed by atoms with E-state index in [4.69, 9.17) is 4.99 Å². The Labute approximate surface area is 164 Å². The predicted molar refractivity (Wildman–Crippen MR) is 113 cm³/mol. The number of nitrogens with zero attached hydrogens (tertiary/aromatic N) is 3. The molecule has 1 saturated heterocycles. The zero-order valence-electron chi connectivity index (χ0n) is 18.1. The van der Waals surface area contributed by atoms with E-state index in [1.807, 2.05) is 43.0 Å². The number of benzene rings is 1. The maximum Gasteiger partial charge on any atom is 0.253 e. The summed E-state index contributed by atoms with van der Waals surface area (Å²) in [4.78, 5) is 21.5. The van der Waals surface area contributed by atoms with Crippen molar-refractivity contribution in [2.75, 3.05) is 26.2 Å². The topological polar surface area (TPSA) is 47.9 Å². The molecule has 0 unspecified atom stereocenters. The van der Waals surface area contributed by atoms with Gasteiger partial charge in [-0.3, -0.25) is 4.79 Å². The number of rotatable bonds is 6. The van der Waals surface area contributed by atoms with Gasteiger partial charge in [-0.2, -0.15) is 0 Å². The average molecular weight is 373 g/mol. The number of hydrogen-bond acceptors (Lipinski definition) is 2. The maximum absolute atomic E-state index is 12.4. The molecule has 0 saturated carbocycles. The third-order valence-electron chi connectivity index (χ3n) is 6.14. The lowest BCUT2D eigenvalue weighted by Crippen LogP contribution is -2.72. The Kier molecular flexibility index (Phi) is 6.55. The smallest absolute Gasteiger partial charge is 0.253 e. The second-order valence-electron chi connectivity index (χ2n) is 8.37. The Hall–Kier alpha value is -2.04. The summed E-state index contributed by atoms with van der Waals surface area (Å²) in [6, 6.07) is 7.84. The van der Waals surface area contributed by atoms with E-state index >= 15 is 0 Å². The van der Waals surface area contributed by atoms with Gasteiger partial charge in [0.1, 0.15) is 0 Å². The van der Waals surface area contributed by atoms with Gasteiger partial charge >= 0.3 is 0 Å². The van der Waals surface area contributed by atoms with Crippen LogP contribution in [0.4, 0.5) is 0 Å². The lowest BCUT2D eigenvalue weighted by molar-refractivity contribution is -0.0667. The summed E-state index contributed by atoms with van der Waals surface area (Å²) in [5.41, 5.74) is 2.20. The molecule has 1 fully saturated rings. The molecule has 150 valence electrons. The first-order chi connectivity index (χ1) is 12.7. The summed E-state index contributed by atoms with van der Waals surface area (Å²) >= 11 is 0. The number of carbonyl (C=O) groups excluding carboxylic acids is 1. The third-order valence-corrected chi connectivity index (χ3v) is 6.14. The highest BCUT2D eigenvalue weighted by molar-refractivity contribution is 5.94. The van der Waals surface area contributed by atoms with Gasteiger partial charge in [-0.05, 0) is 52.3 Å². The molecule has 0 aromatic heterocycles. The van der Waals surface area contributed by atoms with Crippen molar-refractivity contribution in [3.63, 3.8) is 0 Å². The van der Waals surface area contributed by atoms with Crippen LogP contribution in [0.5, 0.6) is 0 Å². The normalized spacial score (nSPS) is 18.0. The number of hydrogen-bond donors (Lipinski definition) is 1. The molecule has 1 aromatic carbocycles. The standard InChI is InChI=1S/C22H36N4O/c1-8-23-20(26-16-21(4,5)22(26,6)7)24-15-17-11-13-18(14-12-17)19(27)25(9-2)10-3/h11-14H,8-10,15-16H2,1-7H3,(H,23,24). The van der Waals surface area contributed by atoms with Crippen LogP contribution < -0.4 is 5.32 Å². The molecule has 1 N–H and O–H groups in total. The lowest BCUT2D eigenvalue weighted by atomic mass is 9.65. The highest BCUT2D eigenvalue weighted by Gasteiger charge is 2.53. The second kappa shape index (κ2) is 8.32. The van der Waals surface area contributed by atoms with Crippen LogP contribution >= 0.6 is 0 Å². The molecule has 1 aromatic rings. The molecule has 0 aliphatic carbocycles. The van der Waals surface area contributed by atoms with Gasteiger partial charge < -0.3 is 15.1 Å². The van der Waals surface area contributed by atoms with Gasteiger partial charge in [0.05, 0.1) is 6.54 Å². The average Bonchev–Trinajstić information content (AvgIpc) is 2.64. The number of nitrogens with one attached hydrogen (secondary N) is 1. The highest BCUT2D eigenvalue weighted by Crippen LogP contribution is 2.46. The van der Waals surface area contributed by atoms with Gasteiger partial charge in [0.25, 0.3) is 5.91 Å². The van der Waals surface area contributed by atoms with Gasteiger partial charge in [0, 0.05) is 42.7 Å². The van der Waals surface area contributed by atoms with E-state index < -0.39 is 0 Å². The van der Waals surface area contributed by atoms with Crippen LogP contribution in [0.1, 0.15) is 64.4 Å². The van der Waals surface area contributed by atoms with Gasteiger partial charge in [0.2, 0.25) is 0 Å². The van der Waals surface area contributed by atoms with E-state index in [1.165, 1.54) is 0 Å². The molecular weight excluding hydrogens is 336 g/mol. The lowest BCUT2D eigenvalue weighted by Gasteiger charge is -2.62. The van der Waals surface area contributed by atoms with Crippen LogP contribution in [0, 0.1) is 5.41 Å². The Bertz CT molecular complexity index is 672. The molecule has 1 heterocycles. The zero-order chi connectivity index (χ0) is 20.2. The van der Waals surface area contributed by atoms with Crippen molar-refractivity contribution >= 4 is 11.9 Å². The van der Waals surface area contributed by atoms with E-state index in [0.717, 1.165) is 43.3 Å². The number of aliphatic imine (C=N–C) groups is 1. The molecule has 1 aliphatic rings. The fourth-order valence-corrected chi connectivity index (χ4v) is 3.41. The van der Waals surface area contributed by atoms with Crippen LogP contribution in [0.15, 0.2) is 29.3 Å². The molecule has 0 spiro atoms. The second-order valence-corrected chi connectivity index (χ2v) is 8.37. The quantitative estimate of drug-likeness (QED) is 0.611. The Morgan fingerprint density at radius 1 is 1.11 bits per heavy atom. The molecule has 1 aliphatic heterocycles. The number of likely N-dealkylation sites (tertiary alicyclic amines) is 1. The van der Waals surface area contributed by atoms with Crippen molar-refractivity contribution in [2.45, 2.75) is 60.5 Å². The van der Waals surface area contributed by atoms with E-state index in [9.17, 15) is 4.79 Å². The molecule has 0 atom stereocenters. The first-order valence-electron chi connectivity index (χ1n) is 10.1. The van der Waals surface area contributed by atoms with E-state index in [0.29, 0.717) is 6.54 Å². The molecule has 2 rings (SSSR count). The van der Waals surface area contributed by atoms with E-state index in [-0.39, 0.29) is 16.9 Å². The van der Waals surface area contributed by atoms with Crippen LogP contribution in [0.25, 0.3) is 0 Å². The number of carbonyl (C=O) groups is 1. The molecule has 1 amide bonds. The molecule has 0 bridgehead atoms. The molecule has 5 nitrogen and oxygen atoms in total. The Morgan fingerprint density at radius 2 is 1.70 bits per heavy atom. The van der Waals surface area contributed by atoms with Crippen molar-refractivity contribution < 1.29 is 4.79 Å². The van der Waals surface area contributed by atoms with E-state index in [1.54, 1.807) is 0 Å². The van der Waals surface area contributed by atoms with E-state index in [2.05, 4.69) is 44.8 Å². The predicted octanol–water partition coefficient (Wildman–Crippen LogP) is 3.75. The fourth-order valence-electron chi connectivity index (χ4n) is 3.41. The fraction of sp³-hybridized carbons (Fsp3) is 0.636. The summed E-state index contributed by atoms with van der Waals surface area (Å²) in [6.45, 7) is 19.2. The minimum Gasteiger partial charge on any atom is -0.356 e. The van der Waals surface area contributed by atoms with Crippen LogP contribution in [-0.4, -0.2) is 53.4 Å². The van der Waals surface area contributed by atoms with Gasteiger partial charge in [0.15, 0.2) is 5.96 Å². The van der Waals surface area contributed by atoms with Crippen molar-refractivity contribution in [2.24, 2.45) is 10.4 Å². The summed E-state index contributed by atoms with van der Waals surface area (Å²) in [7, 11) is 0. The molecular formula is C22H36N4O. The number of amides is 1. The SMILES string of the molecule is CCNC(=NCc1ccc(C(=O)N(CC)CC)cc1)N1CC(C)(C)C1(C)C. The van der Waals surface area contributed by atoms with Crippen LogP contribution in [0.3, 0.4) is 0 Å². The third kappa shape index (κ3) is 4.28. The first kappa shape index (κ1) is 21.3. The number of guanidine groups is 1. The molecule has 27 heavy (non-hydrogen) atoms. The zero-order valence-corrected chi connectivity index (χ0v) is 18.1. The van der Waals surface area contributed by atoms with Gasteiger partial charge in [-0.1, -0.05) is 26.0 Å². The Balaban J connectivity index is 2.10. The molecule has 5 heteroatoms. The molecule has 0 radical (unpaired) electrons. The Morgan fingerprint density at radius 3 is 2.15 bits per heavy atom. The van der Waals surface area contributed by atoms with Crippen molar-refractivity contribution in [1.82, 2.24) is 15.1 Å². The highest BCUT2D eigenvalue weighted by atomic mass is 16.2. The summed E-state index contributed by atoms with van der Waals surface area (Å²) in [6.07, 6.45) is 0. The largest absolute Gasteiger partial charge is 0.356 e. The first-order valence-corrected chi connectivity index (χ1v) is 10.1. The van der Waals surface area contributed by atoms with Gasteiger partial charge in [-0.15, -0.1) is 0 Å². The minimum absolute atomic E-state index is 0.0774. The maximum atomic E-state index is 12.4. The monoisotopic (exact) mass is 372 g/mol. The van der Waals surface area contributed by atoms with Crippen molar-refractivity contribution in [3.05, 3.63) is 35.4 Å². The summed E-state index contributed by atoms with van der Waals surface area (Å²) in [5, 5.41) is 3.42. The summed E-state index contributed by atoms with van der Waals surface area (Å²) in [5.74, 6) is 1.05. The van der Waals surface area contributed by atoms with Crippen LogP contribution in [-0.2, 0) is 6.54 Å². The van der Waals surface area contributed by atoms with Crippen molar-refractivity contribution in [3.8, 4) is 0 Å². The summed E-state index contributed by atoms with van der Waals surface area (Å²) < 4.78 is 0. The van der Waals surface area contributed by atoms with Gasteiger partial charge in [-0.25, -0.2) is 4.99 Å².